The van der Waals surface area contributed by atoms with E-state index in [1.165, 1.54) is 23.1 Å². The molecule has 2 aromatic carbocycles. The van der Waals surface area contributed by atoms with Crippen molar-refractivity contribution in [1.82, 2.24) is 20.0 Å². The van der Waals surface area contributed by atoms with Crippen molar-refractivity contribution in [3.8, 4) is 5.75 Å². The summed E-state index contributed by atoms with van der Waals surface area (Å²) in [6.07, 6.45) is 0. The molecule has 9 heteroatoms. The molecule has 0 aliphatic carbocycles. The highest BCUT2D eigenvalue weighted by Crippen LogP contribution is 2.23. The summed E-state index contributed by atoms with van der Waals surface area (Å²) < 4.78 is 29.6. The summed E-state index contributed by atoms with van der Waals surface area (Å²) in [5, 5.41) is 7.71. The number of carbonyl (C=O) groups is 2. The first-order valence-electron chi connectivity index (χ1n) is 9.10. The van der Waals surface area contributed by atoms with Crippen molar-refractivity contribution < 1.29 is 23.1 Å². The van der Waals surface area contributed by atoms with E-state index in [4.69, 9.17) is 0 Å². The predicted molar refractivity (Wildman–Crippen MR) is 101 cm³/mol. The summed E-state index contributed by atoms with van der Waals surface area (Å²) in [4.78, 5) is 28.8. The van der Waals surface area contributed by atoms with Gasteiger partial charge in [0.2, 0.25) is 0 Å². The molecule has 0 saturated carbocycles. The van der Waals surface area contributed by atoms with Crippen LogP contribution >= 0.6 is 0 Å². The van der Waals surface area contributed by atoms with Crippen LogP contribution < -0.4 is 4.74 Å². The Morgan fingerprint density at radius 1 is 0.931 bits per heavy atom. The quantitative estimate of drug-likeness (QED) is 0.731. The number of ether oxygens (including phenoxy) is 1. The molecule has 0 unspecified atom stereocenters. The molecule has 150 valence electrons. The van der Waals surface area contributed by atoms with Crippen LogP contribution in [0, 0.1) is 0 Å². The van der Waals surface area contributed by atoms with Crippen LogP contribution in [0.3, 0.4) is 0 Å². The number of H-pyrrole nitrogens is 1. The molecule has 0 spiro atoms. The Bertz CT molecular complexity index is 1040. The lowest BCUT2D eigenvalue weighted by atomic mass is 10.1. The Hall–Kier alpha value is -3.49. The molecule has 1 saturated heterocycles. The molecular weight excluding hydrogens is 382 g/mol. The van der Waals surface area contributed by atoms with Gasteiger partial charge in [-0.15, -0.1) is 0 Å². The third-order valence-electron chi connectivity index (χ3n) is 4.86. The third-order valence-corrected chi connectivity index (χ3v) is 4.86. The Kier molecular flexibility index (Phi) is 5.11. The van der Waals surface area contributed by atoms with Crippen LogP contribution in [0.25, 0.3) is 10.9 Å². The minimum Gasteiger partial charge on any atom is -0.434 e. The largest absolute Gasteiger partial charge is 0.434 e. The monoisotopic (exact) mass is 400 g/mol. The first-order chi connectivity index (χ1) is 14.0. The topological polar surface area (TPSA) is 78.5 Å². The summed E-state index contributed by atoms with van der Waals surface area (Å²) >= 11 is 0. The molecule has 2 amide bonds. The predicted octanol–water partition coefficient (Wildman–Crippen LogP) is 2.76. The third kappa shape index (κ3) is 3.75. The Balaban J connectivity index is 1.44. The van der Waals surface area contributed by atoms with E-state index in [1.54, 1.807) is 11.0 Å². The van der Waals surface area contributed by atoms with Gasteiger partial charge in [0.15, 0.2) is 5.69 Å². The summed E-state index contributed by atoms with van der Waals surface area (Å²) in [5.74, 6) is -0.774. The maximum absolute atomic E-state index is 12.8. The number of halogens is 2. The molecule has 0 bridgehead atoms. The Morgan fingerprint density at radius 2 is 1.55 bits per heavy atom. The van der Waals surface area contributed by atoms with Crippen molar-refractivity contribution in [2.45, 2.75) is 6.61 Å². The number of aromatic nitrogens is 2. The number of hydrogen-bond acceptors (Lipinski definition) is 4. The highest BCUT2D eigenvalue weighted by Gasteiger charge is 2.28. The SMILES string of the molecule is O=C(c1ccccc1OC(F)F)N1CCN(C(=O)c2n[nH]c3ccccc23)CC1. The van der Waals surface area contributed by atoms with Crippen LogP contribution in [-0.4, -0.2) is 64.6 Å². The molecule has 4 rings (SSSR count). The number of hydrogen-bond donors (Lipinski definition) is 1. The minimum atomic E-state index is -3.01. The Morgan fingerprint density at radius 3 is 2.28 bits per heavy atom. The Labute approximate surface area is 164 Å². The van der Waals surface area contributed by atoms with Gasteiger partial charge in [-0.25, -0.2) is 0 Å². The fraction of sp³-hybridized carbons (Fsp3) is 0.250. The van der Waals surface area contributed by atoms with Gasteiger partial charge in [0.1, 0.15) is 5.75 Å². The van der Waals surface area contributed by atoms with E-state index < -0.39 is 12.5 Å². The maximum Gasteiger partial charge on any atom is 0.387 e. The van der Waals surface area contributed by atoms with Crippen molar-refractivity contribution >= 4 is 22.7 Å². The lowest BCUT2D eigenvalue weighted by Gasteiger charge is -2.34. The number of amides is 2. The summed E-state index contributed by atoms with van der Waals surface area (Å²) in [5.41, 5.74) is 1.20. The van der Waals surface area contributed by atoms with Gasteiger partial charge >= 0.3 is 6.61 Å². The molecule has 1 fully saturated rings. The number of benzene rings is 2. The molecular formula is C20H18F2N4O3. The highest BCUT2D eigenvalue weighted by molar-refractivity contribution is 6.04. The summed E-state index contributed by atoms with van der Waals surface area (Å²) in [7, 11) is 0. The van der Waals surface area contributed by atoms with E-state index >= 15 is 0 Å². The molecule has 3 aromatic rings. The van der Waals surface area contributed by atoms with Crippen LogP contribution in [-0.2, 0) is 0 Å². The van der Waals surface area contributed by atoms with E-state index in [0.29, 0.717) is 18.8 Å². The second-order valence-electron chi connectivity index (χ2n) is 6.58. The van der Waals surface area contributed by atoms with E-state index in [9.17, 15) is 18.4 Å². The smallest absolute Gasteiger partial charge is 0.387 e. The number of nitrogens with one attached hydrogen (secondary N) is 1. The second-order valence-corrected chi connectivity index (χ2v) is 6.58. The number of alkyl halides is 2. The van der Waals surface area contributed by atoms with Gasteiger partial charge in [-0.2, -0.15) is 13.9 Å². The average molecular weight is 400 g/mol. The number of nitrogens with zero attached hydrogens (tertiary/aromatic N) is 3. The molecule has 2 heterocycles. The van der Waals surface area contributed by atoms with Gasteiger partial charge in [0.25, 0.3) is 11.8 Å². The molecule has 1 aromatic heterocycles. The van der Waals surface area contributed by atoms with Crippen LogP contribution in [0.5, 0.6) is 5.75 Å². The van der Waals surface area contributed by atoms with Gasteiger partial charge in [-0.05, 0) is 18.2 Å². The van der Waals surface area contributed by atoms with Crippen molar-refractivity contribution in [2.24, 2.45) is 0 Å². The molecule has 1 aliphatic rings. The minimum absolute atomic E-state index is 0.0749. The zero-order valence-electron chi connectivity index (χ0n) is 15.3. The van der Waals surface area contributed by atoms with Crippen molar-refractivity contribution in [3.05, 3.63) is 59.8 Å². The number of rotatable bonds is 4. The van der Waals surface area contributed by atoms with Gasteiger partial charge < -0.3 is 14.5 Å². The van der Waals surface area contributed by atoms with Crippen LogP contribution in [0.2, 0.25) is 0 Å². The van der Waals surface area contributed by atoms with E-state index in [1.807, 2.05) is 24.3 Å². The van der Waals surface area contributed by atoms with Gasteiger partial charge in [-0.3, -0.25) is 14.7 Å². The van der Waals surface area contributed by atoms with Crippen molar-refractivity contribution in [2.75, 3.05) is 26.2 Å². The first-order valence-corrected chi connectivity index (χ1v) is 9.10. The van der Waals surface area contributed by atoms with Gasteiger partial charge in [0, 0.05) is 31.6 Å². The first kappa shape index (κ1) is 18.9. The van der Waals surface area contributed by atoms with Gasteiger partial charge in [-0.1, -0.05) is 30.3 Å². The van der Waals surface area contributed by atoms with Gasteiger partial charge in [0.05, 0.1) is 11.1 Å². The number of aromatic amines is 1. The van der Waals surface area contributed by atoms with E-state index in [-0.39, 0.29) is 30.3 Å². The fourth-order valence-corrected chi connectivity index (χ4v) is 3.40. The standard InChI is InChI=1S/C20H18F2N4O3/c21-20(22)29-16-8-4-2-6-14(16)18(27)25-9-11-26(12-10-25)19(28)17-13-5-1-3-7-15(13)23-24-17/h1-8,20H,9-12H2,(H,23,24). The zero-order chi connectivity index (χ0) is 20.4. The molecule has 29 heavy (non-hydrogen) atoms. The number of fused-ring (bicyclic) bond motifs is 1. The molecule has 0 radical (unpaired) electrons. The van der Waals surface area contributed by atoms with Crippen molar-refractivity contribution in [3.63, 3.8) is 0 Å². The zero-order valence-corrected chi connectivity index (χ0v) is 15.3. The number of piperazine rings is 1. The second kappa shape index (κ2) is 7.86. The summed E-state index contributed by atoms with van der Waals surface area (Å²) in [6.45, 7) is -1.79. The van der Waals surface area contributed by atoms with Crippen LogP contribution in [0.1, 0.15) is 20.8 Å². The molecule has 7 nitrogen and oxygen atoms in total. The van der Waals surface area contributed by atoms with Crippen molar-refractivity contribution in [1.29, 1.82) is 0 Å². The number of para-hydroxylation sites is 2. The van der Waals surface area contributed by atoms with E-state index in [0.717, 1.165) is 10.9 Å². The average Bonchev–Trinajstić information content (AvgIpc) is 3.17. The van der Waals surface area contributed by atoms with E-state index in [2.05, 4.69) is 14.9 Å². The lowest BCUT2D eigenvalue weighted by molar-refractivity contribution is -0.0503. The van der Waals surface area contributed by atoms with Crippen LogP contribution in [0.4, 0.5) is 8.78 Å². The number of carbonyl (C=O) groups excluding carboxylic acids is 2. The maximum atomic E-state index is 12.8. The molecule has 1 aliphatic heterocycles. The highest BCUT2D eigenvalue weighted by atomic mass is 19.3. The summed E-state index contributed by atoms with van der Waals surface area (Å²) in [6, 6.07) is 13.3. The molecule has 0 atom stereocenters. The lowest BCUT2D eigenvalue weighted by Crippen LogP contribution is -2.50. The fourth-order valence-electron chi connectivity index (χ4n) is 3.40. The molecule has 1 N–H and O–H groups in total. The van der Waals surface area contributed by atoms with Crippen LogP contribution in [0.15, 0.2) is 48.5 Å². The normalized spacial score (nSPS) is 14.4.